The van der Waals surface area contributed by atoms with Crippen LogP contribution in [0.3, 0.4) is 0 Å². The molecule has 0 saturated carbocycles. The summed E-state index contributed by atoms with van der Waals surface area (Å²) in [6.07, 6.45) is 7.41. The monoisotopic (exact) mass is 375 g/mol. The van der Waals surface area contributed by atoms with Crippen molar-refractivity contribution in [1.29, 1.82) is 0 Å². The van der Waals surface area contributed by atoms with E-state index in [0.29, 0.717) is 5.82 Å². The Hall–Kier alpha value is -3.19. The molecule has 134 valence electrons. The van der Waals surface area contributed by atoms with Crippen molar-refractivity contribution in [3.8, 4) is 22.5 Å². The number of aromatic nitrogens is 4. The number of carbonyl (C=O) groups excluding carboxylic acids is 1. The SMILES string of the molecule is CSc1cc(-c2ccccn2)cc(-c2c[nH]c3cnc(NC(C)=O)cc23)n1. The number of hydrogen-bond donors (Lipinski definition) is 2. The predicted molar refractivity (Wildman–Crippen MR) is 109 cm³/mol. The van der Waals surface area contributed by atoms with Gasteiger partial charge in [0.25, 0.3) is 0 Å². The summed E-state index contributed by atoms with van der Waals surface area (Å²) < 4.78 is 0. The number of aromatic amines is 1. The lowest BCUT2D eigenvalue weighted by molar-refractivity contribution is -0.114. The summed E-state index contributed by atoms with van der Waals surface area (Å²) in [6.45, 7) is 1.46. The van der Waals surface area contributed by atoms with E-state index in [1.807, 2.05) is 48.9 Å². The molecule has 27 heavy (non-hydrogen) atoms. The molecule has 0 aliphatic heterocycles. The summed E-state index contributed by atoms with van der Waals surface area (Å²) in [7, 11) is 0. The van der Waals surface area contributed by atoms with Gasteiger partial charge in [-0.25, -0.2) is 9.97 Å². The molecule has 4 rings (SSSR count). The van der Waals surface area contributed by atoms with Gasteiger partial charge in [-0.3, -0.25) is 9.78 Å². The molecule has 0 aliphatic rings. The Morgan fingerprint density at radius 1 is 1.15 bits per heavy atom. The van der Waals surface area contributed by atoms with Crippen molar-refractivity contribution in [2.24, 2.45) is 0 Å². The third-order valence-electron chi connectivity index (χ3n) is 4.12. The number of thioether (sulfide) groups is 1. The lowest BCUT2D eigenvalue weighted by atomic mass is 10.1. The fourth-order valence-corrected chi connectivity index (χ4v) is 3.35. The zero-order chi connectivity index (χ0) is 18.8. The highest BCUT2D eigenvalue weighted by Gasteiger charge is 2.13. The molecule has 4 aromatic heterocycles. The number of anilines is 1. The maximum Gasteiger partial charge on any atom is 0.222 e. The fraction of sp³-hybridized carbons (Fsp3) is 0.100. The number of carbonyl (C=O) groups is 1. The smallest absolute Gasteiger partial charge is 0.222 e. The molecule has 0 spiro atoms. The van der Waals surface area contributed by atoms with Crippen molar-refractivity contribution < 1.29 is 4.79 Å². The number of H-pyrrole nitrogens is 1. The normalized spacial score (nSPS) is 10.9. The first-order chi connectivity index (χ1) is 13.1. The van der Waals surface area contributed by atoms with Crippen LogP contribution in [0.1, 0.15) is 6.92 Å². The maximum atomic E-state index is 11.3. The van der Waals surface area contributed by atoms with Gasteiger partial charge in [0.15, 0.2) is 0 Å². The van der Waals surface area contributed by atoms with Gasteiger partial charge in [-0.1, -0.05) is 6.07 Å². The van der Waals surface area contributed by atoms with Crippen LogP contribution in [0.2, 0.25) is 0 Å². The molecule has 0 aromatic carbocycles. The highest BCUT2D eigenvalue weighted by atomic mass is 32.2. The van der Waals surface area contributed by atoms with E-state index in [9.17, 15) is 4.79 Å². The van der Waals surface area contributed by atoms with Crippen LogP contribution in [0, 0.1) is 0 Å². The second-order valence-corrected chi connectivity index (χ2v) is 6.82. The van der Waals surface area contributed by atoms with E-state index in [0.717, 1.165) is 38.4 Å². The average Bonchev–Trinajstić information content (AvgIpc) is 3.11. The molecule has 0 aliphatic carbocycles. The highest BCUT2D eigenvalue weighted by Crippen LogP contribution is 2.32. The van der Waals surface area contributed by atoms with Gasteiger partial charge in [0, 0.05) is 35.8 Å². The number of hydrogen-bond acceptors (Lipinski definition) is 5. The van der Waals surface area contributed by atoms with Gasteiger partial charge in [0.2, 0.25) is 5.91 Å². The Balaban J connectivity index is 1.86. The molecule has 1 amide bonds. The first-order valence-corrected chi connectivity index (χ1v) is 9.59. The van der Waals surface area contributed by atoms with Crippen LogP contribution in [0.5, 0.6) is 0 Å². The van der Waals surface area contributed by atoms with E-state index < -0.39 is 0 Å². The van der Waals surface area contributed by atoms with E-state index in [1.165, 1.54) is 6.92 Å². The van der Waals surface area contributed by atoms with Crippen molar-refractivity contribution in [3.63, 3.8) is 0 Å². The number of fused-ring (bicyclic) bond motifs is 1. The average molecular weight is 375 g/mol. The second kappa shape index (κ2) is 7.20. The van der Waals surface area contributed by atoms with E-state index >= 15 is 0 Å². The van der Waals surface area contributed by atoms with Gasteiger partial charge in [0.1, 0.15) is 5.82 Å². The molecule has 6 nitrogen and oxygen atoms in total. The third-order valence-corrected chi connectivity index (χ3v) is 4.75. The van der Waals surface area contributed by atoms with E-state index in [-0.39, 0.29) is 5.91 Å². The quantitative estimate of drug-likeness (QED) is 0.518. The molecule has 0 radical (unpaired) electrons. The molecule has 0 fully saturated rings. The minimum absolute atomic E-state index is 0.154. The zero-order valence-electron chi connectivity index (χ0n) is 14.9. The molecule has 7 heteroatoms. The van der Waals surface area contributed by atoms with Crippen molar-refractivity contribution >= 4 is 34.4 Å². The van der Waals surface area contributed by atoms with Crippen LogP contribution in [-0.4, -0.2) is 32.1 Å². The summed E-state index contributed by atoms with van der Waals surface area (Å²) in [5.74, 6) is 0.362. The maximum absolute atomic E-state index is 11.3. The minimum Gasteiger partial charge on any atom is -0.359 e. The summed E-state index contributed by atoms with van der Waals surface area (Å²) in [5, 5.41) is 4.59. The van der Waals surface area contributed by atoms with Gasteiger partial charge in [-0.05, 0) is 36.6 Å². The van der Waals surface area contributed by atoms with Gasteiger partial charge in [0.05, 0.1) is 28.1 Å². The van der Waals surface area contributed by atoms with E-state index in [4.69, 9.17) is 4.98 Å². The number of rotatable bonds is 4. The summed E-state index contributed by atoms with van der Waals surface area (Å²) in [5.41, 5.74) is 4.59. The predicted octanol–water partition coefficient (Wildman–Crippen LogP) is 4.37. The summed E-state index contributed by atoms with van der Waals surface area (Å²) >= 11 is 1.59. The van der Waals surface area contributed by atoms with E-state index in [1.54, 1.807) is 24.2 Å². The standard InChI is InChI=1S/C20H17N5OS/c1-12(26)24-19-9-14-15(10-22-18(14)11-23-19)17-7-13(8-20(25-17)27-2)16-5-3-4-6-21-16/h3-11,22H,1-2H3,(H,23,24,26). The van der Waals surface area contributed by atoms with Crippen LogP contribution in [-0.2, 0) is 4.79 Å². The van der Waals surface area contributed by atoms with Gasteiger partial charge in [-0.2, -0.15) is 0 Å². The van der Waals surface area contributed by atoms with Crippen LogP contribution < -0.4 is 5.32 Å². The topological polar surface area (TPSA) is 83.6 Å². The summed E-state index contributed by atoms with van der Waals surface area (Å²) in [6, 6.07) is 11.8. The number of nitrogens with one attached hydrogen (secondary N) is 2. The molecular weight excluding hydrogens is 358 g/mol. The lowest BCUT2D eigenvalue weighted by Crippen LogP contribution is -2.06. The fourth-order valence-electron chi connectivity index (χ4n) is 2.91. The molecule has 0 saturated heterocycles. The van der Waals surface area contributed by atoms with Gasteiger partial charge in [-0.15, -0.1) is 11.8 Å². The van der Waals surface area contributed by atoms with Crippen molar-refractivity contribution in [3.05, 3.63) is 55.0 Å². The van der Waals surface area contributed by atoms with E-state index in [2.05, 4.69) is 20.3 Å². The molecule has 0 atom stereocenters. The Morgan fingerprint density at radius 3 is 2.78 bits per heavy atom. The van der Waals surface area contributed by atoms with Crippen LogP contribution in [0.25, 0.3) is 33.4 Å². The Kier molecular flexibility index (Phi) is 4.60. The first kappa shape index (κ1) is 17.2. The van der Waals surface area contributed by atoms with Gasteiger partial charge < -0.3 is 10.3 Å². The second-order valence-electron chi connectivity index (χ2n) is 6.00. The highest BCUT2D eigenvalue weighted by molar-refractivity contribution is 7.98. The van der Waals surface area contributed by atoms with Gasteiger partial charge >= 0.3 is 0 Å². The number of pyridine rings is 3. The van der Waals surface area contributed by atoms with Crippen molar-refractivity contribution in [2.45, 2.75) is 11.9 Å². The Bertz CT molecular complexity index is 1120. The van der Waals surface area contributed by atoms with Crippen LogP contribution in [0.4, 0.5) is 5.82 Å². The Morgan fingerprint density at radius 2 is 2.04 bits per heavy atom. The number of nitrogens with zero attached hydrogens (tertiary/aromatic N) is 3. The van der Waals surface area contributed by atoms with Crippen molar-refractivity contribution in [1.82, 2.24) is 19.9 Å². The molecule has 2 N–H and O–H groups in total. The zero-order valence-corrected chi connectivity index (χ0v) is 15.7. The third kappa shape index (κ3) is 3.54. The van der Waals surface area contributed by atoms with Crippen molar-refractivity contribution in [2.75, 3.05) is 11.6 Å². The van der Waals surface area contributed by atoms with Crippen LogP contribution in [0.15, 0.2) is 60.0 Å². The first-order valence-electron chi connectivity index (χ1n) is 8.36. The minimum atomic E-state index is -0.154. The lowest BCUT2D eigenvalue weighted by Gasteiger charge is -2.08. The largest absolute Gasteiger partial charge is 0.359 e. The molecule has 0 unspecified atom stereocenters. The Labute approximate surface area is 160 Å². The summed E-state index contributed by atoms with van der Waals surface area (Å²) in [4.78, 5) is 28.0. The molecular formula is C20H17N5OS. The molecule has 4 heterocycles. The number of amides is 1. The van der Waals surface area contributed by atoms with Crippen LogP contribution >= 0.6 is 11.8 Å². The molecule has 0 bridgehead atoms. The molecule has 4 aromatic rings.